The Labute approximate surface area is 136 Å². The molecule has 0 aliphatic carbocycles. The Kier molecular flexibility index (Phi) is 5.37. The van der Waals surface area contributed by atoms with E-state index in [1.807, 2.05) is 32.0 Å². The van der Waals surface area contributed by atoms with Crippen molar-refractivity contribution in [3.05, 3.63) is 64.7 Å². The van der Waals surface area contributed by atoms with Crippen LogP contribution in [0, 0.1) is 25.2 Å². The van der Waals surface area contributed by atoms with Gasteiger partial charge in [-0.3, -0.25) is 0 Å². The van der Waals surface area contributed by atoms with Crippen LogP contribution < -0.4 is 4.74 Å². The molecule has 0 heterocycles. The van der Waals surface area contributed by atoms with Crippen molar-refractivity contribution in [2.45, 2.75) is 26.2 Å². The highest BCUT2D eigenvalue weighted by Crippen LogP contribution is 2.24. The molecule has 0 bridgehead atoms. The molecule has 2 aromatic rings. The largest absolute Gasteiger partial charge is 0.493 e. The first-order valence-electron chi connectivity index (χ1n) is 7.45. The Morgan fingerprint density at radius 3 is 2.30 bits per heavy atom. The molecule has 0 saturated heterocycles. The fourth-order valence-corrected chi connectivity index (χ4v) is 2.47. The summed E-state index contributed by atoms with van der Waals surface area (Å²) in [5.74, 6) is -0.420. The van der Waals surface area contributed by atoms with E-state index in [0.29, 0.717) is 13.0 Å². The highest BCUT2D eigenvalue weighted by Gasteiger charge is 2.13. The molecule has 1 atom stereocenters. The second-order valence-corrected chi connectivity index (χ2v) is 5.47. The van der Waals surface area contributed by atoms with Gasteiger partial charge in [-0.2, -0.15) is 5.26 Å². The van der Waals surface area contributed by atoms with Crippen molar-refractivity contribution < 1.29 is 14.6 Å². The van der Waals surface area contributed by atoms with Crippen LogP contribution in [0.5, 0.6) is 5.75 Å². The van der Waals surface area contributed by atoms with Gasteiger partial charge in [-0.05, 0) is 42.7 Å². The molecule has 0 fully saturated rings. The van der Waals surface area contributed by atoms with E-state index in [1.54, 1.807) is 12.1 Å². The van der Waals surface area contributed by atoms with E-state index in [1.165, 1.54) is 12.1 Å². The number of hydrogen-bond donors (Lipinski definition) is 1. The molecule has 1 unspecified atom stereocenters. The summed E-state index contributed by atoms with van der Waals surface area (Å²) in [7, 11) is 0. The Morgan fingerprint density at radius 2 is 1.78 bits per heavy atom. The maximum absolute atomic E-state index is 10.9. The van der Waals surface area contributed by atoms with Crippen LogP contribution in [-0.4, -0.2) is 17.7 Å². The normalized spacial score (nSPS) is 11.5. The van der Waals surface area contributed by atoms with Gasteiger partial charge in [-0.15, -0.1) is 0 Å². The van der Waals surface area contributed by atoms with Crippen LogP contribution in [0.25, 0.3) is 0 Å². The molecular formula is C19H19NO3. The Hall–Kier alpha value is -2.80. The van der Waals surface area contributed by atoms with E-state index >= 15 is 0 Å². The molecule has 0 spiro atoms. The summed E-state index contributed by atoms with van der Waals surface area (Å²) in [5, 5.41) is 18.2. The summed E-state index contributed by atoms with van der Waals surface area (Å²) in [6.45, 7) is 4.42. The molecule has 0 amide bonds. The molecule has 4 heteroatoms. The van der Waals surface area contributed by atoms with Gasteiger partial charge in [0.2, 0.25) is 0 Å². The van der Waals surface area contributed by atoms with Crippen molar-refractivity contribution in [2.24, 2.45) is 0 Å². The number of hydrogen-bond acceptors (Lipinski definition) is 3. The number of ether oxygens (including phenoxy) is 1. The average molecular weight is 309 g/mol. The third-order valence-electron chi connectivity index (χ3n) is 3.78. The molecule has 23 heavy (non-hydrogen) atoms. The molecule has 118 valence electrons. The van der Waals surface area contributed by atoms with Gasteiger partial charge >= 0.3 is 5.97 Å². The summed E-state index contributed by atoms with van der Waals surface area (Å²) in [6.07, 6.45) is 0.552. The third kappa shape index (κ3) is 4.10. The van der Waals surface area contributed by atoms with Crippen LogP contribution in [0.2, 0.25) is 0 Å². The first-order chi connectivity index (χ1) is 11.0. The van der Waals surface area contributed by atoms with Crippen LogP contribution in [0.1, 0.15) is 39.4 Å². The predicted molar refractivity (Wildman–Crippen MR) is 87.8 cm³/mol. The molecule has 2 aromatic carbocycles. The van der Waals surface area contributed by atoms with E-state index in [4.69, 9.17) is 9.84 Å². The molecule has 4 nitrogen and oxygen atoms in total. The number of nitrogens with zero attached hydrogens (tertiary/aromatic N) is 1. The van der Waals surface area contributed by atoms with Gasteiger partial charge in [0.1, 0.15) is 5.75 Å². The molecular weight excluding hydrogens is 290 g/mol. The maximum atomic E-state index is 10.9. The molecule has 0 aliphatic rings. The Bertz CT molecular complexity index is 709. The quantitative estimate of drug-likeness (QED) is 0.873. The van der Waals surface area contributed by atoms with Gasteiger partial charge in [0, 0.05) is 6.42 Å². The minimum absolute atomic E-state index is 0.220. The molecule has 0 aliphatic heterocycles. The maximum Gasteiger partial charge on any atom is 0.335 e. The molecule has 0 radical (unpaired) electrons. The SMILES string of the molecule is Cc1cccc(C)c1OCCC(C#N)c1ccc(C(=O)O)cc1. The summed E-state index contributed by atoms with van der Waals surface area (Å²) in [6, 6.07) is 14.7. The highest BCUT2D eigenvalue weighted by atomic mass is 16.5. The zero-order valence-electron chi connectivity index (χ0n) is 13.2. The topological polar surface area (TPSA) is 70.3 Å². The van der Waals surface area contributed by atoms with E-state index in [-0.39, 0.29) is 11.5 Å². The van der Waals surface area contributed by atoms with Crippen molar-refractivity contribution in [1.82, 2.24) is 0 Å². The van der Waals surface area contributed by atoms with Crippen LogP contribution in [-0.2, 0) is 0 Å². The minimum atomic E-state index is -0.969. The lowest BCUT2D eigenvalue weighted by Crippen LogP contribution is -2.06. The summed E-state index contributed by atoms with van der Waals surface area (Å²) >= 11 is 0. The molecule has 2 rings (SSSR count). The number of aryl methyl sites for hydroxylation is 2. The van der Waals surface area contributed by atoms with E-state index in [9.17, 15) is 10.1 Å². The number of carbonyl (C=O) groups is 1. The van der Waals surface area contributed by atoms with Crippen molar-refractivity contribution in [2.75, 3.05) is 6.61 Å². The Morgan fingerprint density at radius 1 is 1.17 bits per heavy atom. The molecule has 1 N–H and O–H groups in total. The number of nitriles is 1. The van der Waals surface area contributed by atoms with Gasteiger partial charge < -0.3 is 9.84 Å². The van der Waals surface area contributed by atoms with Gasteiger partial charge in [0.15, 0.2) is 0 Å². The Balaban J connectivity index is 2.00. The fourth-order valence-electron chi connectivity index (χ4n) is 2.47. The first-order valence-corrected chi connectivity index (χ1v) is 7.45. The van der Waals surface area contributed by atoms with Gasteiger partial charge in [0.05, 0.1) is 24.2 Å². The average Bonchev–Trinajstić information content (AvgIpc) is 2.54. The predicted octanol–water partition coefficient (Wildman–Crippen LogP) is 4.08. The van der Waals surface area contributed by atoms with E-state index in [0.717, 1.165) is 22.4 Å². The van der Waals surface area contributed by atoms with Gasteiger partial charge in [-0.1, -0.05) is 30.3 Å². The van der Waals surface area contributed by atoms with Gasteiger partial charge in [0.25, 0.3) is 0 Å². The lowest BCUT2D eigenvalue weighted by molar-refractivity contribution is 0.0697. The lowest BCUT2D eigenvalue weighted by atomic mass is 9.96. The second-order valence-electron chi connectivity index (χ2n) is 5.47. The van der Waals surface area contributed by atoms with Crippen LogP contribution >= 0.6 is 0 Å². The molecule has 0 saturated carbocycles. The fraction of sp³-hybridized carbons (Fsp3) is 0.263. The number of benzene rings is 2. The van der Waals surface area contributed by atoms with E-state index in [2.05, 4.69) is 6.07 Å². The number of carboxylic acid groups (broad SMARTS) is 1. The summed E-state index contributed by atoms with van der Waals surface area (Å²) < 4.78 is 5.84. The van der Waals surface area contributed by atoms with Crippen LogP contribution in [0.15, 0.2) is 42.5 Å². The summed E-state index contributed by atoms with van der Waals surface area (Å²) in [4.78, 5) is 10.9. The smallest absolute Gasteiger partial charge is 0.335 e. The monoisotopic (exact) mass is 309 g/mol. The number of aromatic carboxylic acids is 1. The third-order valence-corrected chi connectivity index (χ3v) is 3.78. The van der Waals surface area contributed by atoms with Crippen molar-refractivity contribution in [3.8, 4) is 11.8 Å². The lowest BCUT2D eigenvalue weighted by Gasteiger charge is -2.14. The van der Waals surface area contributed by atoms with Crippen LogP contribution in [0.3, 0.4) is 0 Å². The number of para-hydroxylation sites is 1. The van der Waals surface area contributed by atoms with E-state index < -0.39 is 5.97 Å². The minimum Gasteiger partial charge on any atom is -0.493 e. The standard InChI is InChI=1S/C19H19NO3/c1-13-4-3-5-14(2)18(13)23-11-10-17(12-20)15-6-8-16(9-7-15)19(21)22/h3-9,17H,10-11H2,1-2H3,(H,21,22). The second kappa shape index (κ2) is 7.46. The summed E-state index contributed by atoms with van der Waals surface area (Å²) in [5.41, 5.74) is 3.17. The number of rotatable bonds is 6. The zero-order valence-corrected chi connectivity index (χ0v) is 13.2. The zero-order chi connectivity index (χ0) is 16.8. The molecule has 0 aromatic heterocycles. The highest BCUT2D eigenvalue weighted by molar-refractivity contribution is 5.87. The number of carboxylic acids is 1. The van der Waals surface area contributed by atoms with Crippen LogP contribution in [0.4, 0.5) is 0 Å². The van der Waals surface area contributed by atoms with Crippen molar-refractivity contribution in [3.63, 3.8) is 0 Å². The van der Waals surface area contributed by atoms with Gasteiger partial charge in [-0.25, -0.2) is 4.79 Å². The first kappa shape index (κ1) is 16.6. The van der Waals surface area contributed by atoms with Crippen molar-refractivity contribution >= 4 is 5.97 Å². The van der Waals surface area contributed by atoms with Crippen molar-refractivity contribution in [1.29, 1.82) is 5.26 Å².